The van der Waals surface area contributed by atoms with Crippen molar-refractivity contribution in [2.24, 2.45) is 0 Å². The van der Waals surface area contributed by atoms with Gasteiger partial charge in [0.15, 0.2) is 6.29 Å². The van der Waals surface area contributed by atoms with Crippen LogP contribution in [0.1, 0.15) is 20.3 Å². The van der Waals surface area contributed by atoms with Crippen LogP contribution >= 0.6 is 0 Å². The summed E-state index contributed by atoms with van der Waals surface area (Å²) in [5.41, 5.74) is 0. The van der Waals surface area contributed by atoms with Gasteiger partial charge in [-0.05, 0) is 13.3 Å². The normalized spacial score (nSPS) is 43.9. The maximum atomic E-state index is 9.49. The summed E-state index contributed by atoms with van der Waals surface area (Å²) < 4.78 is 10.4. The highest BCUT2D eigenvalue weighted by atomic mass is 16.7. The highest BCUT2D eigenvalue weighted by Gasteiger charge is 2.42. The Kier molecular flexibility index (Phi) is 4.28. The SMILES string of the molecule is CCCO[C@H]1O[C@@H](C)[C@H](O)[C@@H](O)[C@H]1O. The molecular weight excluding hydrogens is 188 g/mol. The molecule has 14 heavy (non-hydrogen) atoms. The molecule has 0 amide bonds. The fourth-order valence-electron chi connectivity index (χ4n) is 1.39. The number of hydrogen-bond acceptors (Lipinski definition) is 5. The van der Waals surface area contributed by atoms with Gasteiger partial charge in [-0.3, -0.25) is 0 Å². The summed E-state index contributed by atoms with van der Waals surface area (Å²) in [6.07, 6.45) is -4.03. The van der Waals surface area contributed by atoms with E-state index < -0.39 is 30.7 Å². The molecule has 1 rings (SSSR count). The number of rotatable bonds is 3. The molecule has 1 aliphatic heterocycles. The minimum atomic E-state index is -1.21. The van der Waals surface area contributed by atoms with E-state index in [-0.39, 0.29) is 0 Å². The minimum Gasteiger partial charge on any atom is -0.388 e. The highest BCUT2D eigenvalue weighted by molar-refractivity contribution is 4.86. The molecule has 0 spiro atoms. The van der Waals surface area contributed by atoms with E-state index in [0.717, 1.165) is 6.42 Å². The van der Waals surface area contributed by atoms with Gasteiger partial charge in [0.05, 0.1) is 6.10 Å². The van der Waals surface area contributed by atoms with Crippen LogP contribution < -0.4 is 0 Å². The summed E-state index contributed by atoms with van der Waals surface area (Å²) in [6.45, 7) is 4.02. The molecule has 0 aromatic carbocycles. The number of aliphatic hydroxyl groups is 3. The molecule has 0 aliphatic carbocycles. The first kappa shape index (κ1) is 11.9. The summed E-state index contributed by atoms with van der Waals surface area (Å²) in [5, 5.41) is 28.3. The Hall–Kier alpha value is -0.200. The van der Waals surface area contributed by atoms with Crippen LogP contribution in [0.3, 0.4) is 0 Å². The van der Waals surface area contributed by atoms with Crippen LogP contribution in [0.15, 0.2) is 0 Å². The van der Waals surface area contributed by atoms with Crippen LogP contribution in [-0.2, 0) is 9.47 Å². The lowest BCUT2D eigenvalue weighted by Gasteiger charge is -2.38. The lowest BCUT2D eigenvalue weighted by atomic mass is 10.0. The van der Waals surface area contributed by atoms with Gasteiger partial charge in [0.1, 0.15) is 18.3 Å². The molecule has 3 N–H and O–H groups in total. The van der Waals surface area contributed by atoms with Crippen molar-refractivity contribution in [3.63, 3.8) is 0 Å². The third kappa shape index (κ3) is 2.43. The van der Waals surface area contributed by atoms with Crippen molar-refractivity contribution in [1.82, 2.24) is 0 Å². The Balaban J connectivity index is 2.52. The van der Waals surface area contributed by atoms with Gasteiger partial charge in [-0.25, -0.2) is 0 Å². The molecule has 0 bridgehead atoms. The first-order valence-corrected chi connectivity index (χ1v) is 4.89. The fraction of sp³-hybridized carbons (Fsp3) is 1.00. The number of ether oxygens (including phenoxy) is 2. The molecule has 5 atom stereocenters. The average Bonchev–Trinajstić information content (AvgIpc) is 2.18. The van der Waals surface area contributed by atoms with Crippen LogP contribution in [0, 0.1) is 0 Å². The first-order chi connectivity index (χ1) is 6.57. The maximum Gasteiger partial charge on any atom is 0.186 e. The van der Waals surface area contributed by atoms with Crippen molar-refractivity contribution in [3.8, 4) is 0 Å². The van der Waals surface area contributed by atoms with Gasteiger partial charge < -0.3 is 24.8 Å². The molecular formula is C9H18O5. The van der Waals surface area contributed by atoms with E-state index in [2.05, 4.69) is 0 Å². The van der Waals surface area contributed by atoms with Gasteiger partial charge in [0.2, 0.25) is 0 Å². The summed E-state index contributed by atoms with van der Waals surface area (Å²) in [5.74, 6) is 0. The Morgan fingerprint density at radius 1 is 1.14 bits per heavy atom. The Bertz CT molecular complexity index is 175. The van der Waals surface area contributed by atoms with Crippen molar-refractivity contribution in [2.75, 3.05) is 6.61 Å². The van der Waals surface area contributed by atoms with E-state index in [1.165, 1.54) is 0 Å². The molecule has 0 radical (unpaired) electrons. The number of aliphatic hydroxyl groups excluding tert-OH is 3. The Morgan fingerprint density at radius 3 is 2.36 bits per heavy atom. The third-order valence-electron chi connectivity index (χ3n) is 2.29. The van der Waals surface area contributed by atoms with E-state index in [1.807, 2.05) is 6.92 Å². The van der Waals surface area contributed by atoms with Gasteiger partial charge >= 0.3 is 0 Å². The number of hydrogen-bond donors (Lipinski definition) is 3. The summed E-state index contributed by atoms with van der Waals surface area (Å²) in [6, 6.07) is 0. The van der Waals surface area contributed by atoms with Crippen LogP contribution in [-0.4, -0.2) is 52.6 Å². The highest BCUT2D eigenvalue weighted by Crippen LogP contribution is 2.21. The van der Waals surface area contributed by atoms with E-state index >= 15 is 0 Å². The van der Waals surface area contributed by atoms with Gasteiger partial charge in [0.25, 0.3) is 0 Å². The molecule has 0 saturated carbocycles. The van der Waals surface area contributed by atoms with E-state index in [0.29, 0.717) is 6.61 Å². The molecule has 5 nitrogen and oxygen atoms in total. The standard InChI is InChI=1S/C9H18O5/c1-3-4-13-9-8(12)7(11)6(10)5(2)14-9/h5-12H,3-4H2,1-2H3/t5-,6-,7+,8+,9-/m0/s1. The predicted molar refractivity (Wildman–Crippen MR) is 48.6 cm³/mol. The van der Waals surface area contributed by atoms with Crippen LogP contribution in [0.2, 0.25) is 0 Å². The molecule has 0 unspecified atom stereocenters. The summed E-state index contributed by atoms with van der Waals surface area (Å²) in [7, 11) is 0. The van der Waals surface area contributed by atoms with Crippen LogP contribution in [0.25, 0.3) is 0 Å². The predicted octanol–water partition coefficient (Wildman–Crippen LogP) is -0.760. The van der Waals surface area contributed by atoms with Gasteiger partial charge in [-0.15, -0.1) is 0 Å². The van der Waals surface area contributed by atoms with Crippen LogP contribution in [0.4, 0.5) is 0 Å². The van der Waals surface area contributed by atoms with E-state index in [9.17, 15) is 15.3 Å². The summed E-state index contributed by atoms with van der Waals surface area (Å²) in [4.78, 5) is 0. The molecule has 84 valence electrons. The van der Waals surface area contributed by atoms with E-state index in [1.54, 1.807) is 6.92 Å². The molecule has 0 aromatic rings. The second-order valence-electron chi connectivity index (χ2n) is 3.55. The topological polar surface area (TPSA) is 79.2 Å². The second-order valence-corrected chi connectivity index (χ2v) is 3.55. The van der Waals surface area contributed by atoms with E-state index in [4.69, 9.17) is 9.47 Å². The van der Waals surface area contributed by atoms with Crippen molar-refractivity contribution in [1.29, 1.82) is 0 Å². The maximum absolute atomic E-state index is 9.49. The lowest BCUT2D eigenvalue weighted by molar-refractivity contribution is -0.293. The zero-order chi connectivity index (χ0) is 10.7. The zero-order valence-electron chi connectivity index (χ0n) is 8.46. The van der Waals surface area contributed by atoms with Crippen molar-refractivity contribution in [2.45, 2.75) is 51.0 Å². The molecule has 0 aromatic heterocycles. The lowest BCUT2D eigenvalue weighted by Crippen LogP contribution is -2.57. The molecule has 5 heteroatoms. The average molecular weight is 206 g/mol. The van der Waals surface area contributed by atoms with Crippen molar-refractivity contribution < 1.29 is 24.8 Å². The Labute approximate surface area is 83.3 Å². The second kappa shape index (κ2) is 5.04. The zero-order valence-corrected chi connectivity index (χ0v) is 8.46. The molecule has 1 aliphatic rings. The minimum absolute atomic E-state index is 0.456. The third-order valence-corrected chi connectivity index (χ3v) is 2.29. The van der Waals surface area contributed by atoms with Crippen molar-refractivity contribution in [3.05, 3.63) is 0 Å². The largest absolute Gasteiger partial charge is 0.388 e. The smallest absolute Gasteiger partial charge is 0.186 e. The first-order valence-electron chi connectivity index (χ1n) is 4.89. The van der Waals surface area contributed by atoms with Gasteiger partial charge in [0, 0.05) is 6.61 Å². The molecule has 1 fully saturated rings. The van der Waals surface area contributed by atoms with Crippen molar-refractivity contribution >= 4 is 0 Å². The fourth-order valence-corrected chi connectivity index (χ4v) is 1.39. The van der Waals surface area contributed by atoms with Gasteiger partial charge in [-0.1, -0.05) is 6.92 Å². The summed E-state index contributed by atoms with van der Waals surface area (Å²) >= 11 is 0. The van der Waals surface area contributed by atoms with Crippen LogP contribution in [0.5, 0.6) is 0 Å². The molecule has 1 saturated heterocycles. The van der Waals surface area contributed by atoms with Gasteiger partial charge in [-0.2, -0.15) is 0 Å². The monoisotopic (exact) mass is 206 g/mol. The quantitative estimate of drug-likeness (QED) is 0.565. The Morgan fingerprint density at radius 2 is 1.79 bits per heavy atom. The molecule has 1 heterocycles.